The molecule has 0 fully saturated rings. The summed E-state index contributed by atoms with van der Waals surface area (Å²) in [6, 6.07) is -0.446. The third-order valence-corrected chi connectivity index (χ3v) is 2.96. The van der Waals surface area contributed by atoms with Crippen LogP contribution in [0.5, 0.6) is 0 Å². The zero-order chi connectivity index (χ0) is 17.0. The summed E-state index contributed by atoms with van der Waals surface area (Å²) in [5.41, 5.74) is -1.24. The minimum atomic E-state index is -5.05. The first-order valence-electron chi connectivity index (χ1n) is 6.41. The van der Waals surface area contributed by atoms with Crippen molar-refractivity contribution in [3.63, 3.8) is 0 Å². The lowest BCUT2D eigenvalue weighted by molar-refractivity contribution is -0.164. The summed E-state index contributed by atoms with van der Waals surface area (Å²) in [6.07, 6.45) is -2.92. The smallest absolute Gasteiger partial charge is 0.341 e. The minimum Gasteiger partial charge on any atom is -0.341 e. The van der Waals surface area contributed by atoms with Crippen LogP contribution in [0, 0.1) is 11.6 Å². The molecular formula is C13H11F5N4O. The molecule has 0 unspecified atom stereocenters. The first-order chi connectivity index (χ1) is 10.8. The zero-order valence-electron chi connectivity index (χ0n) is 11.5. The van der Waals surface area contributed by atoms with Gasteiger partial charge >= 0.3 is 6.18 Å². The van der Waals surface area contributed by atoms with E-state index < -0.39 is 35.3 Å². The summed E-state index contributed by atoms with van der Waals surface area (Å²) in [4.78, 5) is 15.3. The lowest BCUT2D eigenvalue weighted by atomic mass is 10.0. The molecule has 1 heterocycles. The highest BCUT2D eigenvalue weighted by atomic mass is 19.4. The molecule has 0 saturated heterocycles. The van der Waals surface area contributed by atoms with Crippen molar-refractivity contribution in [2.45, 2.75) is 25.2 Å². The molecule has 5 nitrogen and oxygen atoms in total. The average molecular weight is 334 g/mol. The summed E-state index contributed by atoms with van der Waals surface area (Å²) in [5.74, 6) is -3.79. The Morgan fingerprint density at radius 1 is 1.26 bits per heavy atom. The second-order valence-electron chi connectivity index (χ2n) is 4.59. The second kappa shape index (κ2) is 6.71. The normalized spacial score (nSPS) is 12.9. The quantitative estimate of drug-likeness (QED) is 0.854. The summed E-state index contributed by atoms with van der Waals surface area (Å²) >= 11 is 0. The highest BCUT2D eigenvalue weighted by Crippen LogP contribution is 2.35. The van der Waals surface area contributed by atoms with Crippen molar-refractivity contribution in [1.29, 1.82) is 0 Å². The van der Waals surface area contributed by atoms with E-state index in [4.69, 9.17) is 0 Å². The van der Waals surface area contributed by atoms with E-state index in [1.54, 1.807) is 5.32 Å². The monoisotopic (exact) mass is 334 g/mol. The Balaban J connectivity index is 2.15. The van der Waals surface area contributed by atoms with E-state index in [-0.39, 0.29) is 13.0 Å². The van der Waals surface area contributed by atoms with Gasteiger partial charge in [0.1, 0.15) is 24.3 Å². The van der Waals surface area contributed by atoms with Gasteiger partial charge in [-0.05, 0) is 12.1 Å². The standard InChI is InChI=1S/C13H11F5N4O/c14-8-2-1-3-9(15)11(8)12(13(16,17)18)21-10(23)4-5-22-7-19-6-20-22/h1-3,6-7,12H,4-5H2,(H,21,23)/t12-/m0/s1. The van der Waals surface area contributed by atoms with Crippen molar-refractivity contribution >= 4 is 5.91 Å². The summed E-state index contributed by atoms with van der Waals surface area (Å²) < 4.78 is 67.6. The number of nitrogens with zero attached hydrogens (tertiary/aromatic N) is 3. The Labute approximate surface area is 127 Å². The number of alkyl halides is 3. The molecule has 1 amide bonds. The minimum absolute atomic E-state index is 0.0177. The van der Waals surface area contributed by atoms with Gasteiger partial charge in [0.2, 0.25) is 5.91 Å². The number of aromatic nitrogens is 3. The average Bonchev–Trinajstić information content (AvgIpc) is 2.96. The number of benzene rings is 1. The third-order valence-electron chi connectivity index (χ3n) is 2.96. The van der Waals surface area contributed by atoms with Crippen LogP contribution in [0.3, 0.4) is 0 Å². The van der Waals surface area contributed by atoms with E-state index in [9.17, 15) is 26.7 Å². The number of halogens is 5. The number of hydrogen-bond acceptors (Lipinski definition) is 3. The Morgan fingerprint density at radius 2 is 1.91 bits per heavy atom. The van der Waals surface area contributed by atoms with Crippen molar-refractivity contribution in [2.75, 3.05) is 0 Å². The number of aryl methyl sites for hydroxylation is 1. The van der Waals surface area contributed by atoms with Crippen LogP contribution in [0.2, 0.25) is 0 Å². The Morgan fingerprint density at radius 3 is 2.43 bits per heavy atom. The van der Waals surface area contributed by atoms with E-state index >= 15 is 0 Å². The van der Waals surface area contributed by atoms with Crippen LogP contribution in [0.4, 0.5) is 22.0 Å². The number of nitrogens with one attached hydrogen (secondary N) is 1. The molecule has 1 aromatic carbocycles. The van der Waals surface area contributed by atoms with Crippen LogP contribution >= 0.6 is 0 Å². The summed E-state index contributed by atoms with van der Waals surface area (Å²) in [5, 5.41) is 5.30. The molecule has 1 aromatic heterocycles. The highest BCUT2D eigenvalue weighted by molar-refractivity contribution is 5.76. The molecule has 1 N–H and O–H groups in total. The third kappa shape index (κ3) is 4.24. The molecule has 0 saturated carbocycles. The van der Waals surface area contributed by atoms with Crippen LogP contribution in [-0.4, -0.2) is 26.8 Å². The summed E-state index contributed by atoms with van der Waals surface area (Å²) in [7, 11) is 0. The first kappa shape index (κ1) is 16.8. The van der Waals surface area contributed by atoms with Gasteiger partial charge in [-0.15, -0.1) is 0 Å². The van der Waals surface area contributed by atoms with Crippen LogP contribution in [-0.2, 0) is 11.3 Å². The lowest BCUT2D eigenvalue weighted by Gasteiger charge is -2.23. The van der Waals surface area contributed by atoms with Crippen LogP contribution in [0.1, 0.15) is 18.0 Å². The largest absolute Gasteiger partial charge is 0.413 e. The predicted octanol–water partition coefficient (Wildman–Crippen LogP) is 2.37. The molecule has 0 bridgehead atoms. The van der Waals surface area contributed by atoms with Crippen molar-refractivity contribution < 1.29 is 26.7 Å². The SMILES string of the molecule is O=C(CCn1cncn1)N[C@@H](c1c(F)cccc1F)C(F)(F)F. The lowest BCUT2D eigenvalue weighted by Crippen LogP contribution is -2.39. The van der Waals surface area contributed by atoms with Crippen LogP contribution < -0.4 is 5.32 Å². The van der Waals surface area contributed by atoms with Crippen molar-refractivity contribution in [2.24, 2.45) is 0 Å². The van der Waals surface area contributed by atoms with Crippen molar-refractivity contribution in [1.82, 2.24) is 20.1 Å². The summed E-state index contributed by atoms with van der Waals surface area (Å²) in [6.45, 7) is -0.0177. The number of carbonyl (C=O) groups is 1. The molecule has 23 heavy (non-hydrogen) atoms. The molecule has 0 radical (unpaired) electrons. The maximum atomic E-state index is 13.6. The van der Waals surface area contributed by atoms with Gasteiger partial charge in [0.25, 0.3) is 0 Å². The predicted molar refractivity (Wildman–Crippen MR) is 67.9 cm³/mol. The second-order valence-corrected chi connectivity index (χ2v) is 4.59. The topological polar surface area (TPSA) is 59.8 Å². The Bertz CT molecular complexity index is 651. The molecule has 2 rings (SSSR count). The number of rotatable bonds is 5. The number of carbonyl (C=O) groups excluding carboxylic acids is 1. The van der Waals surface area contributed by atoms with Crippen molar-refractivity contribution in [3.8, 4) is 0 Å². The van der Waals surface area contributed by atoms with E-state index in [0.29, 0.717) is 12.1 Å². The molecule has 0 aliphatic carbocycles. The molecular weight excluding hydrogens is 323 g/mol. The fraction of sp³-hybridized carbons (Fsp3) is 0.308. The van der Waals surface area contributed by atoms with Gasteiger partial charge in [-0.3, -0.25) is 9.48 Å². The maximum Gasteiger partial charge on any atom is 0.413 e. The van der Waals surface area contributed by atoms with E-state index in [1.807, 2.05) is 0 Å². The van der Waals surface area contributed by atoms with Crippen LogP contribution in [0.15, 0.2) is 30.9 Å². The van der Waals surface area contributed by atoms with Gasteiger partial charge in [-0.25, -0.2) is 13.8 Å². The fourth-order valence-corrected chi connectivity index (χ4v) is 1.90. The van der Waals surface area contributed by atoms with Gasteiger partial charge in [-0.2, -0.15) is 18.3 Å². The molecule has 0 aliphatic heterocycles. The first-order valence-corrected chi connectivity index (χ1v) is 6.41. The molecule has 124 valence electrons. The van der Waals surface area contributed by atoms with Gasteiger partial charge < -0.3 is 5.32 Å². The molecule has 10 heteroatoms. The van der Waals surface area contributed by atoms with E-state index in [2.05, 4.69) is 10.1 Å². The Hall–Kier alpha value is -2.52. The van der Waals surface area contributed by atoms with Gasteiger partial charge in [0.05, 0.1) is 12.1 Å². The maximum absolute atomic E-state index is 13.6. The van der Waals surface area contributed by atoms with Gasteiger partial charge in [-0.1, -0.05) is 6.07 Å². The van der Waals surface area contributed by atoms with E-state index in [1.165, 1.54) is 17.3 Å². The zero-order valence-corrected chi connectivity index (χ0v) is 11.5. The van der Waals surface area contributed by atoms with Gasteiger partial charge in [0.15, 0.2) is 6.04 Å². The molecule has 1 atom stereocenters. The fourth-order valence-electron chi connectivity index (χ4n) is 1.90. The molecule has 0 spiro atoms. The van der Waals surface area contributed by atoms with E-state index in [0.717, 1.165) is 6.07 Å². The van der Waals surface area contributed by atoms with Gasteiger partial charge in [0, 0.05) is 6.42 Å². The highest BCUT2D eigenvalue weighted by Gasteiger charge is 2.44. The molecule has 0 aliphatic rings. The molecule has 2 aromatic rings. The van der Waals surface area contributed by atoms with Crippen molar-refractivity contribution in [3.05, 3.63) is 48.1 Å². The Kier molecular flexibility index (Phi) is 4.92. The van der Waals surface area contributed by atoms with Crippen LogP contribution in [0.25, 0.3) is 0 Å². The number of amides is 1. The number of hydrogen-bond donors (Lipinski definition) is 1.